The smallest absolute Gasteiger partial charge is 0.231 e. The molecule has 0 aliphatic carbocycles. The van der Waals surface area contributed by atoms with Crippen molar-refractivity contribution in [3.8, 4) is 0 Å². The van der Waals surface area contributed by atoms with Gasteiger partial charge >= 0.3 is 0 Å². The van der Waals surface area contributed by atoms with Gasteiger partial charge in [0.25, 0.3) is 0 Å². The molecule has 1 rings (SSSR count). The number of primary amides is 1. The van der Waals surface area contributed by atoms with E-state index in [2.05, 4.69) is 0 Å². The molecular weight excluding hydrogens is 144 g/mol. The fraction of sp³-hybridized carbons (Fsp3) is 0.857. The van der Waals surface area contributed by atoms with Crippen LogP contribution in [0, 0.1) is 0 Å². The summed E-state index contributed by atoms with van der Waals surface area (Å²) >= 11 is 0. The Bertz CT molecular complexity index is 149. The highest BCUT2D eigenvalue weighted by atomic mass is 16.3. The maximum Gasteiger partial charge on any atom is 0.231 e. The van der Waals surface area contributed by atoms with Gasteiger partial charge in [0.2, 0.25) is 5.91 Å². The van der Waals surface area contributed by atoms with Gasteiger partial charge in [0.15, 0.2) is 0 Å². The Morgan fingerprint density at radius 3 is 3.00 bits per heavy atom. The van der Waals surface area contributed by atoms with Crippen LogP contribution in [-0.4, -0.2) is 41.7 Å². The van der Waals surface area contributed by atoms with E-state index in [1.807, 2.05) is 4.90 Å². The molecule has 1 fully saturated rings. The standard InChI is InChI=1S/C7H14N2O2/c8-7(11)5-9-3-1-2-6(10)4-9/h6,10H,1-5H2,(H2,8,11)/t6-/m0/s1. The lowest BCUT2D eigenvalue weighted by Gasteiger charge is -2.28. The lowest BCUT2D eigenvalue weighted by Crippen LogP contribution is -2.42. The molecule has 64 valence electrons. The predicted octanol–water partition coefficient (Wildman–Crippen LogP) is -1.07. The van der Waals surface area contributed by atoms with E-state index in [0.29, 0.717) is 6.54 Å². The predicted molar refractivity (Wildman–Crippen MR) is 40.9 cm³/mol. The van der Waals surface area contributed by atoms with Gasteiger partial charge in [-0.15, -0.1) is 0 Å². The summed E-state index contributed by atoms with van der Waals surface area (Å²) in [6.45, 7) is 1.74. The van der Waals surface area contributed by atoms with Crippen molar-refractivity contribution in [1.29, 1.82) is 0 Å². The average Bonchev–Trinajstić information content (AvgIpc) is 1.85. The molecule has 0 unspecified atom stereocenters. The molecule has 0 spiro atoms. The maximum atomic E-state index is 10.5. The number of carbonyl (C=O) groups is 1. The van der Waals surface area contributed by atoms with E-state index in [4.69, 9.17) is 5.73 Å². The van der Waals surface area contributed by atoms with E-state index in [-0.39, 0.29) is 18.6 Å². The third-order valence-electron chi connectivity index (χ3n) is 1.86. The zero-order valence-electron chi connectivity index (χ0n) is 6.49. The Balaban J connectivity index is 2.28. The number of nitrogens with zero attached hydrogens (tertiary/aromatic N) is 1. The molecule has 1 aliphatic heterocycles. The Morgan fingerprint density at radius 2 is 2.45 bits per heavy atom. The van der Waals surface area contributed by atoms with Gasteiger partial charge in [-0.25, -0.2) is 0 Å². The number of hydrogen-bond donors (Lipinski definition) is 2. The lowest BCUT2D eigenvalue weighted by atomic mass is 10.1. The minimum Gasteiger partial charge on any atom is -0.392 e. The van der Waals surface area contributed by atoms with Crippen LogP contribution in [0.5, 0.6) is 0 Å². The molecule has 0 bridgehead atoms. The van der Waals surface area contributed by atoms with Crippen LogP contribution in [0.15, 0.2) is 0 Å². The third kappa shape index (κ3) is 2.86. The van der Waals surface area contributed by atoms with Gasteiger partial charge in [-0.3, -0.25) is 9.69 Å². The van der Waals surface area contributed by atoms with Crippen molar-refractivity contribution in [2.75, 3.05) is 19.6 Å². The fourth-order valence-corrected chi connectivity index (χ4v) is 1.40. The number of aliphatic hydroxyl groups excluding tert-OH is 1. The molecule has 4 nitrogen and oxygen atoms in total. The number of likely N-dealkylation sites (tertiary alicyclic amines) is 1. The van der Waals surface area contributed by atoms with Crippen LogP contribution < -0.4 is 5.73 Å². The van der Waals surface area contributed by atoms with Crippen LogP contribution in [0.25, 0.3) is 0 Å². The van der Waals surface area contributed by atoms with Crippen molar-refractivity contribution in [3.05, 3.63) is 0 Å². The number of β-amino-alcohol motifs (C(OH)–C–C–N with tert-alkyl or cyclic N) is 1. The number of nitrogens with two attached hydrogens (primary N) is 1. The van der Waals surface area contributed by atoms with Crippen molar-refractivity contribution in [3.63, 3.8) is 0 Å². The number of rotatable bonds is 2. The van der Waals surface area contributed by atoms with Crippen LogP contribution in [0.2, 0.25) is 0 Å². The number of carbonyl (C=O) groups excluding carboxylic acids is 1. The SMILES string of the molecule is NC(=O)CN1CCC[C@H](O)C1. The molecule has 3 N–H and O–H groups in total. The Kier molecular flexibility index (Phi) is 2.84. The normalized spacial score (nSPS) is 26.8. The minimum atomic E-state index is -0.320. The summed E-state index contributed by atoms with van der Waals surface area (Å²) in [7, 11) is 0. The van der Waals surface area contributed by atoms with Gasteiger partial charge in [0.1, 0.15) is 0 Å². The van der Waals surface area contributed by atoms with Gasteiger partial charge in [0, 0.05) is 6.54 Å². The van der Waals surface area contributed by atoms with Crippen molar-refractivity contribution in [2.45, 2.75) is 18.9 Å². The molecule has 0 aromatic heterocycles. The third-order valence-corrected chi connectivity index (χ3v) is 1.86. The Morgan fingerprint density at radius 1 is 1.73 bits per heavy atom. The summed E-state index contributed by atoms with van der Waals surface area (Å²) in [5.41, 5.74) is 5.01. The minimum absolute atomic E-state index is 0.275. The van der Waals surface area contributed by atoms with Gasteiger partial charge in [0.05, 0.1) is 12.6 Å². The highest BCUT2D eigenvalue weighted by Gasteiger charge is 2.18. The van der Waals surface area contributed by atoms with Crippen LogP contribution >= 0.6 is 0 Å². The molecule has 1 amide bonds. The summed E-state index contributed by atoms with van der Waals surface area (Å²) < 4.78 is 0. The molecule has 0 saturated carbocycles. The summed E-state index contributed by atoms with van der Waals surface area (Å²) in [4.78, 5) is 12.4. The first-order chi connectivity index (χ1) is 5.18. The average molecular weight is 158 g/mol. The molecule has 1 saturated heterocycles. The van der Waals surface area contributed by atoms with Crippen molar-refractivity contribution >= 4 is 5.91 Å². The van der Waals surface area contributed by atoms with E-state index in [1.165, 1.54) is 0 Å². The molecule has 0 aromatic carbocycles. The molecule has 11 heavy (non-hydrogen) atoms. The second kappa shape index (κ2) is 3.69. The molecule has 1 heterocycles. The summed E-state index contributed by atoms with van der Waals surface area (Å²) in [6, 6.07) is 0. The lowest BCUT2D eigenvalue weighted by molar-refractivity contribution is -0.119. The second-order valence-electron chi connectivity index (χ2n) is 3.00. The molecule has 0 radical (unpaired) electrons. The van der Waals surface area contributed by atoms with Crippen molar-refractivity contribution in [1.82, 2.24) is 4.90 Å². The molecule has 1 aliphatic rings. The van der Waals surface area contributed by atoms with Crippen LogP contribution in [0.3, 0.4) is 0 Å². The van der Waals surface area contributed by atoms with Crippen LogP contribution in [0.1, 0.15) is 12.8 Å². The van der Waals surface area contributed by atoms with Crippen LogP contribution in [-0.2, 0) is 4.79 Å². The second-order valence-corrected chi connectivity index (χ2v) is 3.00. The topological polar surface area (TPSA) is 66.6 Å². The van der Waals surface area contributed by atoms with E-state index >= 15 is 0 Å². The quantitative estimate of drug-likeness (QED) is 0.537. The van der Waals surface area contributed by atoms with E-state index in [9.17, 15) is 9.90 Å². The van der Waals surface area contributed by atoms with Crippen LogP contribution in [0.4, 0.5) is 0 Å². The monoisotopic (exact) mass is 158 g/mol. The van der Waals surface area contributed by atoms with Crippen molar-refractivity contribution < 1.29 is 9.90 Å². The number of piperidine rings is 1. The first-order valence-corrected chi connectivity index (χ1v) is 3.87. The fourth-order valence-electron chi connectivity index (χ4n) is 1.40. The van der Waals surface area contributed by atoms with Crippen molar-refractivity contribution in [2.24, 2.45) is 5.73 Å². The molecular formula is C7H14N2O2. The molecule has 0 aromatic rings. The van der Waals surface area contributed by atoms with Gasteiger partial charge in [-0.1, -0.05) is 0 Å². The summed E-state index contributed by atoms with van der Waals surface area (Å²) in [6.07, 6.45) is 1.52. The number of aliphatic hydroxyl groups is 1. The molecule has 1 atom stereocenters. The largest absolute Gasteiger partial charge is 0.392 e. The summed E-state index contributed by atoms with van der Waals surface area (Å²) in [5.74, 6) is -0.320. The highest BCUT2D eigenvalue weighted by molar-refractivity contribution is 5.75. The summed E-state index contributed by atoms with van der Waals surface area (Å²) in [5, 5.41) is 9.20. The number of hydrogen-bond acceptors (Lipinski definition) is 3. The van der Waals surface area contributed by atoms with Gasteiger partial charge in [-0.05, 0) is 19.4 Å². The molecule has 4 heteroatoms. The van der Waals surface area contributed by atoms with Gasteiger partial charge < -0.3 is 10.8 Å². The van der Waals surface area contributed by atoms with Gasteiger partial charge in [-0.2, -0.15) is 0 Å². The highest BCUT2D eigenvalue weighted by Crippen LogP contribution is 2.08. The first kappa shape index (κ1) is 8.49. The Labute approximate surface area is 66.0 Å². The van der Waals surface area contributed by atoms with E-state index in [1.54, 1.807) is 0 Å². The first-order valence-electron chi connectivity index (χ1n) is 3.87. The van der Waals surface area contributed by atoms with E-state index < -0.39 is 0 Å². The number of amides is 1. The zero-order chi connectivity index (χ0) is 8.27. The Hall–Kier alpha value is -0.610. The van der Waals surface area contributed by atoms with E-state index in [0.717, 1.165) is 19.4 Å². The zero-order valence-corrected chi connectivity index (χ0v) is 6.49. The maximum absolute atomic E-state index is 10.5.